The fourth-order valence-electron chi connectivity index (χ4n) is 1.22. The molecule has 0 aliphatic rings. The summed E-state index contributed by atoms with van der Waals surface area (Å²) in [4.78, 5) is 16.8. The molecule has 1 aromatic rings. The molecule has 1 heterocycles. The van der Waals surface area contributed by atoms with Crippen LogP contribution in [0.4, 0.5) is 0 Å². The Morgan fingerprint density at radius 2 is 2.33 bits per heavy atom. The van der Waals surface area contributed by atoms with Gasteiger partial charge in [-0.05, 0) is 19.1 Å². The van der Waals surface area contributed by atoms with Crippen molar-refractivity contribution >= 4 is 5.91 Å². The van der Waals surface area contributed by atoms with Crippen molar-refractivity contribution in [3.8, 4) is 5.75 Å². The van der Waals surface area contributed by atoms with Crippen LogP contribution in [0, 0.1) is 0 Å². The molecule has 82 valence electrons. The lowest BCUT2D eigenvalue weighted by molar-refractivity contribution is 0.0695. The number of aliphatic hydroxyl groups excluding tert-OH is 1. The third kappa shape index (κ3) is 2.92. The molecule has 1 atom stereocenters. The van der Waals surface area contributed by atoms with Gasteiger partial charge < -0.3 is 15.1 Å². The number of nitrogens with zero attached hydrogens (tertiary/aromatic N) is 2. The minimum atomic E-state index is -0.607. The van der Waals surface area contributed by atoms with Crippen LogP contribution in [0.1, 0.15) is 17.4 Å². The van der Waals surface area contributed by atoms with Gasteiger partial charge in [0.15, 0.2) is 5.69 Å². The van der Waals surface area contributed by atoms with Gasteiger partial charge in [-0.1, -0.05) is 0 Å². The van der Waals surface area contributed by atoms with E-state index >= 15 is 0 Å². The number of aromatic nitrogens is 1. The molecule has 1 amide bonds. The van der Waals surface area contributed by atoms with E-state index in [0.717, 1.165) is 0 Å². The van der Waals surface area contributed by atoms with E-state index in [0.29, 0.717) is 0 Å². The molecular weight excluding hydrogens is 196 g/mol. The summed E-state index contributed by atoms with van der Waals surface area (Å²) in [5.74, 6) is -0.561. The molecule has 1 aromatic heterocycles. The molecule has 0 radical (unpaired) electrons. The third-order valence-electron chi connectivity index (χ3n) is 1.87. The van der Waals surface area contributed by atoms with Crippen molar-refractivity contribution in [3.05, 3.63) is 24.0 Å². The van der Waals surface area contributed by atoms with E-state index in [1.165, 1.54) is 17.2 Å². The molecule has 5 heteroatoms. The molecule has 0 aliphatic heterocycles. The van der Waals surface area contributed by atoms with Gasteiger partial charge in [0, 0.05) is 19.8 Å². The Bertz CT molecular complexity index is 352. The van der Waals surface area contributed by atoms with Crippen LogP contribution in [0.25, 0.3) is 0 Å². The van der Waals surface area contributed by atoms with Crippen LogP contribution >= 0.6 is 0 Å². The summed E-state index contributed by atoms with van der Waals surface area (Å²) < 4.78 is 0. The summed E-state index contributed by atoms with van der Waals surface area (Å²) in [5, 5.41) is 18.5. The van der Waals surface area contributed by atoms with Gasteiger partial charge >= 0.3 is 0 Å². The number of hydrogen-bond acceptors (Lipinski definition) is 4. The Kier molecular flexibility index (Phi) is 3.62. The van der Waals surface area contributed by atoms with Gasteiger partial charge in [0.1, 0.15) is 5.75 Å². The average Bonchev–Trinajstić information content (AvgIpc) is 2.16. The molecule has 5 nitrogen and oxygen atoms in total. The molecule has 0 aromatic carbocycles. The number of aromatic hydroxyl groups is 1. The molecule has 2 N–H and O–H groups in total. The molecule has 0 saturated carbocycles. The van der Waals surface area contributed by atoms with Crippen LogP contribution in [-0.2, 0) is 0 Å². The second kappa shape index (κ2) is 4.75. The Morgan fingerprint density at radius 1 is 1.67 bits per heavy atom. The topological polar surface area (TPSA) is 73.7 Å². The molecule has 1 rings (SSSR count). The molecule has 0 aliphatic carbocycles. The summed E-state index contributed by atoms with van der Waals surface area (Å²) in [7, 11) is 1.54. The highest BCUT2D eigenvalue weighted by Gasteiger charge is 2.17. The minimum absolute atomic E-state index is 0.000602. The van der Waals surface area contributed by atoms with Crippen LogP contribution in [0.5, 0.6) is 5.75 Å². The molecule has 0 fully saturated rings. The number of rotatable bonds is 3. The average molecular weight is 210 g/mol. The fraction of sp³-hybridized carbons (Fsp3) is 0.400. The van der Waals surface area contributed by atoms with Crippen molar-refractivity contribution in [3.63, 3.8) is 0 Å². The zero-order valence-electron chi connectivity index (χ0n) is 8.71. The zero-order valence-corrected chi connectivity index (χ0v) is 8.71. The number of pyridine rings is 1. The maximum Gasteiger partial charge on any atom is 0.276 e. The van der Waals surface area contributed by atoms with E-state index in [1.807, 2.05) is 0 Å². The van der Waals surface area contributed by atoms with Crippen LogP contribution in [0.2, 0.25) is 0 Å². The van der Waals surface area contributed by atoms with E-state index < -0.39 is 12.0 Å². The van der Waals surface area contributed by atoms with Crippen molar-refractivity contribution in [2.45, 2.75) is 13.0 Å². The highest BCUT2D eigenvalue weighted by Crippen LogP contribution is 2.14. The van der Waals surface area contributed by atoms with Crippen molar-refractivity contribution in [1.82, 2.24) is 9.88 Å². The molecule has 0 spiro atoms. The van der Waals surface area contributed by atoms with Gasteiger partial charge in [-0.15, -0.1) is 0 Å². The number of amides is 1. The summed E-state index contributed by atoms with van der Waals surface area (Å²) in [6.07, 6.45) is 0.827. The van der Waals surface area contributed by atoms with E-state index in [2.05, 4.69) is 4.98 Å². The van der Waals surface area contributed by atoms with Crippen LogP contribution in [0.15, 0.2) is 18.3 Å². The van der Waals surface area contributed by atoms with Gasteiger partial charge in [-0.2, -0.15) is 0 Å². The van der Waals surface area contributed by atoms with Crippen molar-refractivity contribution in [2.75, 3.05) is 13.6 Å². The molecule has 1 unspecified atom stereocenters. The van der Waals surface area contributed by atoms with Gasteiger partial charge in [0.25, 0.3) is 5.91 Å². The van der Waals surface area contributed by atoms with E-state index in [4.69, 9.17) is 5.11 Å². The standard InChI is InChI=1S/C10H14N2O3/c1-7(13)6-12(2)10(15)9-8(14)4-3-5-11-9/h3-5,7,13-14H,6H2,1-2H3. The second-order valence-electron chi connectivity index (χ2n) is 3.41. The lowest BCUT2D eigenvalue weighted by Crippen LogP contribution is -2.33. The Balaban J connectivity index is 2.81. The van der Waals surface area contributed by atoms with E-state index in [1.54, 1.807) is 20.0 Å². The maximum atomic E-state index is 11.7. The van der Waals surface area contributed by atoms with Gasteiger partial charge in [-0.25, -0.2) is 4.98 Å². The lowest BCUT2D eigenvalue weighted by atomic mass is 10.3. The smallest absolute Gasteiger partial charge is 0.276 e. The summed E-state index contributed by atoms with van der Waals surface area (Å²) in [5.41, 5.74) is 0.000602. The molecular formula is C10H14N2O3. The predicted octanol–water partition coefficient (Wildman–Crippen LogP) is 0.240. The van der Waals surface area contributed by atoms with Crippen LogP contribution in [0.3, 0.4) is 0 Å². The van der Waals surface area contributed by atoms with Crippen molar-refractivity contribution in [2.24, 2.45) is 0 Å². The Hall–Kier alpha value is -1.62. The lowest BCUT2D eigenvalue weighted by Gasteiger charge is -2.18. The molecule has 0 saturated heterocycles. The van der Waals surface area contributed by atoms with Gasteiger partial charge in [-0.3, -0.25) is 4.79 Å². The number of aliphatic hydroxyl groups is 1. The SMILES string of the molecule is CC(O)CN(C)C(=O)c1ncccc1O. The first-order valence-electron chi connectivity index (χ1n) is 4.60. The molecule has 0 bridgehead atoms. The first-order valence-corrected chi connectivity index (χ1v) is 4.60. The maximum absolute atomic E-state index is 11.7. The Labute approximate surface area is 88.0 Å². The van der Waals surface area contributed by atoms with Crippen LogP contribution in [-0.4, -0.2) is 45.7 Å². The van der Waals surface area contributed by atoms with E-state index in [9.17, 15) is 9.90 Å². The second-order valence-corrected chi connectivity index (χ2v) is 3.41. The van der Waals surface area contributed by atoms with Crippen LogP contribution < -0.4 is 0 Å². The zero-order chi connectivity index (χ0) is 11.4. The number of likely N-dealkylation sites (N-methyl/N-ethyl adjacent to an activating group) is 1. The summed E-state index contributed by atoms with van der Waals surface area (Å²) in [6.45, 7) is 1.79. The van der Waals surface area contributed by atoms with Crippen molar-refractivity contribution < 1.29 is 15.0 Å². The first kappa shape index (κ1) is 11.5. The minimum Gasteiger partial charge on any atom is -0.505 e. The highest BCUT2D eigenvalue weighted by atomic mass is 16.3. The normalized spacial score (nSPS) is 12.2. The van der Waals surface area contributed by atoms with Gasteiger partial charge in [0.05, 0.1) is 6.10 Å². The first-order chi connectivity index (χ1) is 7.02. The highest BCUT2D eigenvalue weighted by molar-refractivity contribution is 5.94. The number of carbonyl (C=O) groups excluding carboxylic acids is 1. The number of hydrogen-bond donors (Lipinski definition) is 2. The van der Waals surface area contributed by atoms with E-state index in [-0.39, 0.29) is 18.0 Å². The largest absolute Gasteiger partial charge is 0.505 e. The fourth-order valence-corrected chi connectivity index (χ4v) is 1.22. The Morgan fingerprint density at radius 3 is 2.87 bits per heavy atom. The number of carbonyl (C=O) groups is 1. The molecule has 15 heavy (non-hydrogen) atoms. The van der Waals surface area contributed by atoms with Gasteiger partial charge in [0.2, 0.25) is 0 Å². The summed E-state index contributed by atoms with van der Waals surface area (Å²) >= 11 is 0. The predicted molar refractivity (Wildman–Crippen MR) is 54.5 cm³/mol. The third-order valence-corrected chi connectivity index (χ3v) is 1.87. The monoisotopic (exact) mass is 210 g/mol. The quantitative estimate of drug-likeness (QED) is 0.749. The summed E-state index contributed by atoms with van der Waals surface area (Å²) in [6, 6.07) is 2.94. The van der Waals surface area contributed by atoms with Crippen molar-refractivity contribution in [1.29, 1.82) is 0 Å².